The molecule has 4 rings (SSSR count). The minimum atomic E-state index is -0.452. The van der Waals surface area contributed by atoms with Gasteiger partial charge in [0.2, 0.25) is 0 Å². The standard InChI is InChI=1S/C24H21Cl2N3O3/c1-15-7-8-18(11-16(15)2)31-14-19-9-10-22(32-19)24(30)27-23-21(26)13-29(28-23)12-17-5-3-4-6-20(17)25/h3-11,13H,12,14H2,1-2H3,(H,27,28,30). The topological polar surface area (TPSA) is 69.3 Å². The highest BCUT2D eigenvalue weighted by molar-refractivity contribution is 6.33. The van der Waals surface area contributed by atoms with Crippen molar-refractivity contribution in [3.63, 3.8) is 0 Å². The first-order valence-electron chi connectivity index (χ1n) is 9.95. The van der Waals surface area contributed by atoms with Crippen molar-refractivity contribution < 1.29 is 13.9 Å². The molecule has 1 N–H and O–H groups in total. The Balaban J connectivity index is 1.38. The van der Waals surface area contributed by atoms with Gasteiger partial charge in [0, 0.05) is 11.2 Å². The predicted octanol–water partition coefficient (Wildman–Crippen LogP) is 6.28. The average molecular weight is 470 g/mol. The van der Waals surface area contributed by atoms with Crippen LogP contribution in [0.4, 0.5) is 5.82 Å². The highest BCUT2D eigenvalue weighted by Gasteiger charge is 2.16. The van der Waals surface area contributed by atoms with E-state index in [0.717, 1.165) is 16.9 Å². The molecule has 4 aromatic rings. The largest absolute Gasteiger partial charge is 0.486 e. The Labute approximate surface area is 195 Å². The number of hydrogen-bond acceptors (Lipinski definition) is 4. The minimum absolute atomic E-state index is 0.139. The molecule has 1 amide bonds. The number of halogens is 2. The predicted molar refractivity (Wildman–Crippen MR) is 125 cm³/mol. The van der Waals surface area contributed by atoms with Crippen molar-refractivity contribution in [3.05, 3.63) is 99.1 Å². The Morgan fingerprint density at radius 2 is 1.88 bits per heavy atom. The van der Waals surface area contributed by atoms with Crippen LogP contribution in [-0.4, -0.2) is 15.7 Å². The molecule has 8 heteroatoms. The monoisotopic (exact) mass is 469 g/mol. The second-order valence-corrected chi connectivity index (χ2v) is 8.18. The molecule has 2 heterocycles. The van der Waals surface area contributed by atoms with Crippen molar-refractivity contribution >= 4 is 34.9 Å². The highest BCUT2D eigenvalue weighted by atomic mass is 35.5. The lowest BCUT2D eigenvalue weighted by atomic mass is 10.1. The van der Waals surface area contributed by atoms with E-state index in [2.05, 4.69) is 10.4 Å². The SMILES string of the molecule is Cc1ccc(OCc2ccc(C(=O)Nc3nn(Cc4ccccc4Cl)cc3Cl)o2)cc1C. The summed E-state index contributed by atoms with van der Waals surface area (Å²) in [5.74, 6) is 1.20. The maximum atomic E-state index is 12.6. The first kappa shape index (κ1) is 22.0. The summed E-state index contributed by atoms with van der Waals surface area (Å²) in [4.78, 5) is 12.6. The molecular formula is C24H21Cl2N3O3. The van der Waals surface area contributed by atoms with Crippen molar-refractivity contribution in [2.75, 3.05) is 5.32 Å². The van der Waals surface area contributed by atoms with E-state index in [1.807, 2.05) is 56.3 Å². The zero-order valence-electron chi connectivity index (χ0n) is 17.6. The summed E-state index contributed by atoms with van der Waals surface area (Å²) in [6.07, 6.45) is 1.63. The van der Waals surface area contributed by atoms with Gasteiger partial charge in [-0.25, -0.2) is 0 Å². The number of nitrogens with zero attached hydrogens (tertiary/aromatic N) is 2. The Morgan fingerprint density at radius 1 is 1.06 bits per heavy atom. The van der Waals surface area contributed by atoms with Gasteiger partial charge >= 0.3 is 0 Å². The number of carbonyl (C=O) groups excluding carboxylic acids is 1. The molecule has 2 aromatic carbocycles. The van der Waals surface area contributed by atoms with Crippen LogP contribution >= 0.6 is 23.2 Å². The smallest absolute Gasteiger partial charge is 0.292 e. The molecule has 0 unspecified atom stereocenters. The van der Waals surface area contributed by atoms with Gasteiger partial charge in [0.05, 0.1) is 6.54 Å². The molecule has 2 aromatic heterocycles. The first-order chi connectivity index (χ1) is 15.4. The number of nitrogens with one attached hydrogen (secondary N) is 1. The molecule has 0 fully saturated rings. The van der Waals surface area contributed by atoms with Gasteiger partial charge in [0.25, 0.3) is 5.91 Å². The fourth-order valence-electron chi connectivity index (χ4n) is 3.07. The molecular weight excluding hydrogens is 449 g/mol. The van der Waals surface area contributed by atoms with Gasteiger partial charge in [-0.3, -0.25) is 9.48 Å². The highest BCUT2D eigenvalue weighted by Crippen LogP contribution is 2.23. The zero-order chi connectivity index (χ0) is 22.7. The molecule has 0 saturated heterocycles. The molecule has 0 atom stereocenters. The van der Waals surface area contributed by atoms with E-state index in [0.29, 0.717) is 22.4 Å². The number of benzene rings is 2. The van der Waals surface area contributed by atoms with Gasteiger partial charge in [-0.1, -0.05) is 47.5 Å². The first-order valence-corrected chi connectivity index (χ1v) is 10.7. The summed E-state index contributed by atoms with van der Waals surface area (Å²) in [5, 5.41) is 7.97. The minimum Gasteiger partial charge on any atom is -0.486 e. The van der Waals surface area contributed by atoms with Crippen molar-refractivity contribution in [2.24, 2.45) is 0 Å². The fourth-order valence-corrected chi connectivity index (χ4v) is 3.46. The molecule has 0 spiro atoms. The third-order valence-corrected chi connectivity index (χ3v) is 5.63. The summed E-state index contributed by atoms with van der Waals surface area (Å²) < 4.78 is 13.0. The lowest BCUT2D eigenvalue weighted by Gasteiger charge is -2.07. The quantitative estimate of drug-likeness (QED) is 0.345. The van der Waals surface area contributed by atoms with Crippen LogP contribution in [0.5, 0.6) is 5.75 Å². The third kappa shape index (κ3) is 5.15. The number of anilines is 1. The number of rotatable bonds is 7. The third-order valence-electron chi connectivity index (χ3n) is 4.98. The molecule has 0 saturated carbocycles. The summed E-state index contributed by atoms with van der Waals surface area (Å²) in [6.45, 7) is 4.71. The molecule has 0 aliphatic heterocycles. The van der Waals surface area contributed by atoms with E-state index in [1.54, 1.807) is 23.0 Å². The lowest BCUT2D eigenvalue weighted by Crippen LogP contribution is -2.12. The van der Waals surface area contributed by atoms with E-state index >= 15 is 0 Å². The van der Waals surface area contributed by atoms with Crippen LogP contribution in [0.25, 0.3) is 0 Å². The van der Waals surface area contributed by atoms with Crippen LogP contribution < -0.4 is 10.1 Å². The van der Waals surface area contributed by atoms with Crippen molar-refractivity contribution in [1.29, 1.82) is 0 Å². The summed E-state index contributed by atoms with van der Waals surface area (Å²) in [6, 6.07) is 16.6. The number of amides is 1. The van der Waals surface area contributed by atoms with Crippen molar-refractivity contribution in [2.45, 2.75) is 27.0 Å². The van der Waals surface area contributed by atoms with E-state index in [9.17, 15) is 4.79 Å². The van der Waals surface area contributed by atoms with Crippen LogP contribution in [0.3, 0.4) is 0 Å². The Hall–Kier alpha value is -3.22. The van der Waals surface area contributed by atoms with Gasteiger partial charge < -0.3 is 14.5 Å². The van der Waals surface area contributed by atoms with Crippen LogP contribution in [0.1, 0.15) is 33.0 Å². The Kier molecular flexibility index (Phi) is 6.53. The number of carbonyl (C=O) groups is 1. The number of aromatic nitrogens is 2. The average Bonchev–Trinajstić information content (AvgIpc) is 3.37. The Morgan fingerprint density at radius 3 is 2.66 bits per heavy atom. The van der Waals surface area contributed by atoms with Crippen LogP contribution in [0.2, 0.25) is 10.0 Å². The van der Waals surface area contributed by atoms with Gasteiger partial charge in [-0.05, 0) is 60.9 Å². The van der Waals surface area contributed by atoms with E-state index in [-0.39, 0.29) is 18.2 Å². The number of hydrogen-bond donors (Lipinski definition) is 1. The van der Waals surface area contributed by atoms with Gasteiger partial charge in [0.1, 0.15) is 23.1 Å². The second-order valence-electron chi connectivity index (χ2n) is 7.37. The van der Waals surface area contributed by atoms with Crippen LogP contribution in [-0.2, 0) is 13.2 Å². The summed E-state index contributed by atoms with van der Waals surface area (Å²) in [5.41, 5.74) is 3.24. The molecule has 32 heavy (non-hydrogen) atoms. The van der Waals surface area contributed by atoms with Crippen molar-refractivity contribution in [3.8, 4) is 5.75 Å². The molecule has 0 aliphatic rings. The van der Waals surface area contributed by atoms with Gasteiger partial charge in [-0.2, -0.15) is 5.10 Å². The van der Waals surface area contributed by atoms with Crippen LogP contribution in [0, 0.1) is 13.8 Å². The maximum absolute atomic E-state index is 12.6. The lowest BCUT2D eigenvalue weighted by molar-refractivity contribution is 0.0992. The van der Waals surface area contributed by atoms with Crippen LogP contribution in [0.15, 0.2) is 65.2 Å². The molecule has 6 nitrogen and oxygen atoms in total. The molecule has 0 aliphatic carbocycles. The zero-order valence-corrected chi connectivity index (χ0v) is 19.1. The summed E-state index contributed by atoms with van der Waals surface area (Å²) >= 11 is 12.4. The van der Waals surface area contributed by atoms with E-state index in [4.69, 9.17) is 32.4 Å². The Bertz CT molecular complexity index is 1260. The summed E-state index contributed by atoms with van der Waals surface area (Å²) in [7, 11) is 0. The van der Waals surface area contributed by atoms with E-state index < -0.39 is 5.91 Å². The van der Waals surface area contributed by atoms with Gasteiger partial charge in [0.15, 0.2) is 11.6 Å². The number of ether oxygens (including phenoxy) is 1. The van der Waals surface area contributed by atoms with E-state index in [1.165, 1.54) is 5.56 Å². The molecule has 0 radical (unpaired) electrons. The molecule has 0 bridgehead atoms. The van der Waals surface area contributed by atoms with Gasteiger partial charge in [-0.15, -0.1) is 0 Å². The second kappa shape index (κ2) is 9.51. The van der Waals surface area contributed by atoms with Crippen molar-refractivity contribution in [1.82, 2.24) is 9.78 Å². The molecule has 164 valence electrons. The number of aryl methyl sites for hydroxylation is 2. The fraction of sp³-hybridized carbons (Fsp3) is 0.167. The normalized spacial score (nSPS) is 10.9. The maximum Gasteiger partial charge on any atom is 0.292 e. The number of furan rings is 1.